The average Bonchev–Trinajstić information content (AvgIpc) is 3.25. The van der Waals surface area contributed by atoms with E-state index >= 15 is 0 Å². The summed E-state index contributed by atoms with van der Waals surface area (Å²) in [5, 5.41) is 14.4. The number of methoxy groups -OCH3 is 1. The van der Waals surface area contributed by atoms with Crippen LogP contribution in [-0.2, 0) is 0 Å². The molecule has 148 valence electrons. The molecule has 4 aromatic rings. The third kappa shape index (κ3) is 3.54. The molecule has 0 spiro atoms. The molecular weight excluding hydrogens is 370 g/mol. The van der Waals surface area contributed by atoms with Gasteiger partial charge in [-0.05, 0) is 55.3 Å². The topological polar surface area (TPSA) is 60.8 Å². The number of rotatable bonds is 5. The first-order valence-electron chi connectivity index (χ1n) is 9.81. The molecule has 0 aliphatic heterocycles. The number of aromatic amines is 1. The molecule has 3 aromatic carbocycles. The highest BCUT2D eigenvalue weighted by molar-refractivity contribution is 5.91. The predicted molar refractivity (Wildman–Crippen MR) is 124 cm³/mol. The summed E-state index contributed by atoms with van der Waals surface area (Å²) in [5.41, 5.74) is 7.68. The summed E-state index contributed by atoms with van der Waals surface area (Å²) in [6.45, 7) is 4.14. The fraction of sp³-hybridized carbons (Fsp3) is 0.115. The number of para-hydroxylation sites is 1. The number of anilines is 2. The predicted octanol–water partition coefficient (Wildman–Crippen LogP) is 6.58. The van der Waals surface area contributed by atoms with Gasteiger partial charge in [0.25, 0.3) is 0 Å². The standard InChI is InChI=1S/C26H23N3O/c1-17-8-9-20(16-27)26(21(17)11-10-19-6-4-5-7-25(19)30-3)29-23-12-13-24-22(18(23)2)14-15-28-24/h4-15,28-29H,1-3H3/b11-10+. The van der Waals surface area contributed by atoms with Crippen LogP contribution in [0.1, 0.15) is 27.8 Å². The molecule has 1 heterocycles. The first-order chi connectivity index (χ1) is 14.6. The van der Waals surface area contributed by atoms with E-state index in [9.17, 15) is 5.26 Å². The maximum atomic E-state index is 9.75. The third-order valence-electron chi connectivity index (χ3n) is 5.42. The number of hydrogen-bond acceptors (Lipinski definition) is 3. The lowest BCUT2D eigenvalue weighted by molar-refractivity contribution is 0.414. The molecule has 0 saturated heterocycles. The molecule has 4 rings (SSSR count). The summed E-state index contributed by atoms with van der Waals surface area (Å²) >= 11 is 0. The van der Waals surface area contributed by atoms with Crippen molar-refractivity contribution in [2.75, 3.05) is 12.4 Å². The van der Waals surface area contributed by atoms with E-state index in [-0.39, 0.29) is 0 Å². The van der Waals surface area contributed by atoms with Crippen molar-refractivity contribution in [1.82, 2.24) is 4.98 Å². The molecule has 0 bridgehead atoms. The van der Waals surface area contributed by atoms with Crippen molar-refractivity contribution in [1.29, 1.82) is 5.26 Å². The van der Waals surface area contributed by atoms with Crippen molar-refractivity contribution < 1.29 is 4.74 Å². The molecule has 0 fully saturated rings. The fourth-order valence-corrected chi connectivity index (χ4v) is 3.70. The minimum absolute atomic E-state index is 0.605. The molecule has 0 unspecified atom stereocenters. The van der Waals surface area contributed by atoms with Crippen LogP contribution in [0.4, 0.5) is 11.4 Å². The van der Waals surface area contributed by atoms with E-state index in [4.69, 9.17) is 4.74 Å². The number of nitrogens with one attached hydrogen (secondary N) is 2. The van der Waals surface area contributed by atoms with Gasteiger partial charge in [0.05, 0.1) is 18.4 Å². The van der Waals surface area contributed by atoms with E-state index in [0.717, 1.165) is 50.3 Å². The zero-order valence-electron chi connectivity index (χ0n) is 17.3. The average molecular weight is 393 g/mol. The first-order valence-corrected chi connectivity index (χ1v) is 9.81. The molecule has 0 aliphatic rings. The molecular formula is C26H23N3O. The lowest BCUT2D eigenvalue weighted by atomic mass is 9.99. The fourth-order valence-electron chi connectivity index (χ4n) is 3.70. The second-order valence-electron chi connectivity index (χ2n) is 7.21. The van der Waals surface area contributed by atoms with Crippen molar-refractivity contribution in [2.24, 2.45) is 0 Å². The Bertz CT molecular complexity index is 1290. The Hall–Kier alpha value is -3.97. The van der Waals surface area contributed by atoms with Crippen molar-refractivity contribution in [3.05, 3.63) is 88.6 Å². The Balaban J connectivity index is 1.81. The molecule has 30 heavy (non-hydrogen) atoms. The molecule has 0 amide bonds. The van der Waals surface area contributed by atoms with Gasteiger partial charge >= 0.3 is 0 Å². The highest BCUT2D eigenvalue weighted by atomic mass is 16.5. The zero-order chi connectivity index (χ0) is 21.1. The van der Waals surface area contributed by atoms with Gasteiger partial charge in [0.2, 0.25) is 0 Å². The second kappa shape index (κ2) is 8.18. The van der Waals surface area contributed by atoms with Gasteiger partial charge in [0.1, 0.15) is 11.8 Å². The number of fused-ring (bicyclic) bond motifs is 1. The van der Waals surface area contributed by atoms with Crippen molar-refractivity contribution >= 4 is 34.4 Å². The maximum Gasteiger partial charge on any atom is 0.126 e. The Morgan fingerprint density at radius 3 is 2.63 bits per heavy atom. The highest BCUT2D eigenvalue weighted by Gasteiger charge is 2.12. The van der Waals surface area contributed by atoms with Crippen LogP contribution in [0.3, 0.4) is 0 Å². The first kappa shape index (κ1) is 19.4. The van der Waals surface area contributed by atoms with Gasteiger partial charge in [-0.15, -0.1) is 0 Å². The van der Waals surface area contributed by atoms with Crippen LogP contribution in [0, 0.1) is 25.2 Å². The van der Waals surface area contributed by atoms with Crippen LogP contribution in [0.5, 0.6) is 5.75 Å². The minimum Gasteiger partial charge on any atom is -0.496 e. The molecule has 4 heteroatoms. The molecule has 2 N–H and O–H groups in total. The molecule has 1 aromatic heterocycles. The molecule has 0 radical (unpaired) electrons. The monoisotopic (exact) mass is 393 g/mol. The van der Waals surface area contributed by atoms with Gasteiger partial charge in [-0.1, -0.05) is 36.4 Å². The Morgan fingerprint density at radius 2 is 1.83 bits per heavy atom. The molecule has 0 saturated carbocycles. The van der Waals surface area contributed by atoms with Crippen molar-refractivity contribution in [3.8, 4) is 11.8 Å². The van der Waals surface area contributed by atoms with Crippen LogP contribution in [0.15, 0.2) is 60.8 Å². The van der Waals surface area contributed by atoms with E-state index < -0.39 is 0 Å². The SMILES string of the molecule is COc1ccccc1/C=C/c1c(C)ccc(C#N)c1Nc1ccc2[nH]ccc2c1C. The van der Waals surface area contributed by atoms with E-state index in [1.165, 1.54) is 0 Å². The summed E-state index contributed by atoms with van der Waals surface area (Å²) in [6, 6.07) is 20.2. The lowest BCUT2D eigenvalue weighted by Crippen LogP contribution is -2.00. The van der Waals surface area contributed by atoms with Crippen LogP contribution in [-0.4, -0.2) is 12.1 Å². The highest BCUT2D eigenvalue weighted by Crippen LogP contribution is 2.33. The van der Waals surface area contributed by atoms with Gasteiger partial charge in [-0.3, -0.25) is 0 Å². The van der Waals surface area contributed by atoms with Gasteiger partial charge in [-0.25, -0.2) is 0 Å². The van der Waals surface area contributed by atoms with E-state index in [1.54, 1.807) is 7.11 Å². The van der Waals surface area contributed by atoms with E-state index in [2.05, 4.69) is 42.4 Å². The van der Waals surface area contributed by atoms with Crippen LogP contribution in [0.25, 0.3) is 23.1 Å². The Morgan fingerprint density at radius 1 is 1.00 bits per heavy atom. The number of nitriles is 1. The third-order valence-corrected chi connectivity index (χ3v) is 5.42. The number of hydrogen-bond donors (Lipinski definition) is 2. The van der Waals surface area contributed by atoms with Crippen molar-refractivity contribution in [3.63, 3.8) is 0 Å². The molecule has 0 atom stereocenters. The quantitative estimate of drug-likeness (QED) is 0.377. The smallest absolute Gasteiger partial charge is 0.126 e. The summed E-state index contributed by atoms with van der Waals surface area (Å²) in [6.07, 6.45) is 6.01. The lowest BCUT2D eigenvalue weighted by Gasteiger charge is -2.16. The normalized spacial score (nSPS) is 11.0. The molecule has 0 aliphatic carbocycles. The van der Waals surface area contributed by atoms with E-state index in [0.29, 0.717) is 5.56 Å². The summed E-state index contributed by atoms with van der Waals surface area (Å²) in [4.78, 5) is 3.24. The second-order valence-corrected chi connectivity index (χ2v) is 7.21. The maximum absolute atomic E-state index is 9.75. The van der Waals surface area contributed by atoms with Gasteiger partial charge in [0, 0.05) is 33.9 Å². The van der Waals surface area contributed by atoms with Crippen LogP contribution in [0.2, 0.25) is 0 Å². The van der Waals surface area contributed by atoms with Crippen LogP contribution < -0.4 is 10.1 Å². The number of H-pyrrole nitrogens is 1. The van der Waals surface area contributed by atoms with Gasteiger partial charge in [-0.2, -0.15) is 5.26 Å². The Labute approximate surface area is 176 Å². The minimum atomic E-state index is 0.605. The van der Waals surface area contributed by atoms with Gasteiger partial charge in [0.15, 0.2) is 0 Å². The van der Waals surface area contributed by atoms with E-state index in [1.807, 2.05) is 60.8 Å². The number of ether oxygens (including phenoxy) is 1. The summed E-state index contributed by atoms with van der Waals surface area (Å²) in [5.74, 6) is 0.811. The molecule has 4 nitrogen and oxygen atoms in total. The number of aromatic nitrogens is 1. The largest absolute Gasteiger partial charge is 0.496 e. The number of aryl methyl sites for hydroxylation is 2. The number of benzene rings is 3. The van der Waals surface area contributed by atoms with Crippen molar-refractivity contribution in [2.45, 2.75) is 13.8 Å². The number of nitrogens with zero attached hydrogens (tertiary/aromatic N) is 1. The summed E-state index contributed by atoms with van der Waals surface area (Å²) < 4.78 is 5.46. The Kier molecular flexibility index (Phi) is 5.28. The van der Waals surface area contributed by atoms with Gasteiger partial charge < -0.3 is 15.0 Å². The zero-order valence-corrected chi connectivity index (χ0v) is 17.3. The van der Waals surface area contributed by atoms with Crippen LogP contribution >= 0.6 is 0 Å². The summed E-state index contributed by atoms with van der Waals surface area (Å²) in [7, 11) is 1.67.